The predicted octanol–water partition coefficient (Wildman–Crippen LogP) is 2.84. The van der Waals surface area contributed by atoms with Crippen LogP contribution in [0.4, 0.5) is 4.79 Å². The number of amides is 1. The van der Waals surface area contributed by atoms with E-state index in [9.17, 15) is 4.79 Å². The molecule has 1 aliphatic rings. The molecule has 2 N–H and O–H groups in total. The number of hydrogen-bond donors (Lipinski definition) is 2. The molecule has 0 radical (unpaired) electrons. The van der Waals surface area contributed by atoms with Gasteiger partial charge in [-0.2, -0.15) is 0 Å². The molecule has 26 heavy (non-hydrogen) atoms. The minimum atomic E-state index is -0.438. The summed E-state index contributed by atoms with van der Waals surface area (Å²) in [6.07, 6.45) is 1.71. The van der Waals surface area contributed by atoms with Gasteiger partial charge in [0, 0.05) is 39.3 Å². The number of nitrogens with one attached hydrogen (secondary N) is 2. The summed E-state index contributed by atoms with van der Waals surface area (Å²) in [4.78, 5) is 18.6. The van der Waals surface area contributed by atoms with Crippen molar-refractivity contribution >= 4 is 36.0 Å². The lowest BCUT2D eigenvalue weighted by Gasteiger charge is -2.33. The summed E-state index contributed by atoms with van der Waals surface area (Å²) in [7, 11) is 0. The fourth-order valence-corrected chi connectivity index (χ4v) is 2.57. The maximum atomic E-state index is 12.1. The van der Waals surface area contributed by atoms with Crippen molar-refractivity contribution in [2.45, 2.75) is 53.1 Å². The predicted molar refractivity (Wildman–Crippen MR) is 116 cm³/mol. The Balaban J connectivity index is 0.00000625. The topological polar surface area (TPSA) is 75.2 Å². The number of halogens is 1. The second kappa shape index (κ2) is 13.4. The van der Waals surface area contributed by atoms with Crippen molar-refractivity contribution in [1.82, 2.24) is 15.5 Å². The van der Waals surface area contributed by atoms with E-state index in [-0.39, 0.29) is 30.1 Å². The minimum Gasteiger partial charge on any atom is -0.444 e. The highest BCUT2D eigenvalue weighted by atomic mass is 127. The maximum absolute atomic E-state index is 12.1. The van der Waals surface area contributed by atoms with Crippen LogP contribution in [-0.4, -0.2) is 68.5 Å². The molecule has 1 saturated heterocycles. The Morgan fingerprint density at radius 2 is 1.85 bits per heavy atom. The first-order valence-electron chi connectivity index (χ1n) is 9.43. The molecular formula is C18H37IN4O3. The van der Waals surface area contributed by atoms with Crippen molar-refractivity contribution in [1.29, 1.82) is 0 Å². The second-order valence-electron chi connectivity index (χ2n) is 7.25. The zero-order valence-corrected chi connectivity index (χ0v) is 19.3. The fourth-order valence-electron chi connectivity index (χ4n) is 2.57. The molecule has 1 rings (SSSR count). The van der Waals surface area contributed by atoms with E-state index in [0.29, 0.717) is 12.5 Å². The lowest BCUT2D eigenvalue weighted by Crippen LogP contribution is -2.42. The smallest absolute Gasteiger partial charge is 0.410 e. The first-order valence-corrected chi connectivity index (χ1v) is 9.43. The molecule has 0 aromatic heterocycles. The van der Waals surface area contributed by atoms with Gasteiger partial charge in [-0.05, 0) is 53.4 Å². The molecule has 1 amide bonds. The fraction of sp³-hybridized carbons (Fsp3) is 0.889. The van der Waals surface area contributed by atoms with Crippen LogP contribution >= 0.6 is 24.0 Å². The Labute approximate surface area is 175 Å². The number of guanidine groups is 1. The highest BCUT2D eigenvalue weighted by Gasteiger charge is 2.26. The van der Waals surface area contributed by atoms with Crippen LogP contribution in [0.3, 0.4) is 0 Å². The summed E-state index contributed by atoms with van der Waals surface area (Å²) < 4.78 is 10.8. The maximum Gasteiger partial charge on any atom is 0.410 e. The quantitative estimate of drug-likeness (QED) is 0.252. The van der Waals surface area contributed by atoms with Gasteiger partial charge in [0.15, 0.2) is 5.96 Å². The Hall–Kier alpha value is -0.770. The van der Waals surface area contributed by atoms with Crippen molar-refractivity contribution < 1.29 is 14.3 Å². The van der Waals surface area contributed by atoms with Gasteiger partial charge in [0.05, 0.1) is 6.61 Å². The van der Waals surface area contributed by atoms with Crippen LogP contribution in [0.25, 0.3) is 0 Å². The van der Waals surface area contributed by atoms with Crippen LogP contribution in [0.1, 0.15) is 47.5 Å². The molecule has 0 atom stereocenters. The molecule has 7 nitrogen and oxygen atoms in total. The van der Waals surface area contributed by atoms with Crippen molar-refractivity contribution in [3.63, 3.8) is 0 Å². The number of rotatable bonds is 7. The van der Waals surface area contributed by atoms with Crippen LogP contribution in [0, 0.1) is 5.92 Å². The van der Waals surface area contributed by atoms with Gasteiger partial charge in [-0.15, -0.1) is 24.0 Å². The van der Waals surface area contributed by atoms with E-state index in [2.05, 4.69) is 22.5 Å². The van der Waals surface area contributed by atoms with Gasteiger partial charge in [-0.3, -0.25) is 4.99 Å². The van der Waals surface area contributed by atoms with E-state index >= 15 is 0 Å². The Morgan fingerprint density at radius 1 is 1.19 bits per heavy atom. The number of carbonyl (C=O) groups excluding carboxylic acids is 1. The van der Waals surface area contributed by atoms with Gasteiger partial charge in [0.25, 0.3) is 0 Å². The van der Waals surface area contributed by atoms with Crippen LogP contribution in [0.2, 0.25) is 0 Å². The lowest BCUT2D eigenvalue weighted by atomic mass is 9.97. The van der Waals surface area contributed by atoms with Crippen molar-refractivity contribution in [3.05, 3.63) is 0 Å². The number of ether oxygens (including phenoxy) is 2. The van der Waals surface area contributed by atoms with Gasteiger partial charge in [0.2, 0.25) is 0 Å². The second-order valence-corrected chi connectivity index (χ2v) is 7.25. The SMILES string of the molecule is CCNC(=NCC1CCN(C(=O)OC(C)(C)C)CC1)NCCOCC.I. The van der Waals surface area contributed by atoms with Crippen LogP contribution < -0.4 is 10.6 Å². The highest BCUT2D eigenvalue weighted by Crippen LogP contribution is 2.19. The zero-order valence-electron chi connectivity index (χ0n) is 17.0. The molecule has 0 aromatic rings. The van der Waals surface area contributed by atoms with Crippen LogP contribution in [0.15, 0.2) is 4.99 Å². The van der Waals surface area contributed by atoms with E-state index < -0.39 is 5.60 Å². The van der Waals surface area contributed by atoms with E-state index in [1.807, 2.05) is 27.7 Å². The monoisotopic (exact) mass is 484 g/mol. The third-order valence-corrected chi connectivity index (χ3v) is 3.86. The third-order valence-electron chi connectivity index (χ3n) is 3.86. The lowest BCUT2D eigenvalue weighted by molar-refractivity contribution is 0.0187. The van der Waals surface area contributed by atoms with Gasteiger partial charge in [-0.1, -0.05) is 0 Å². The number of piperidine rings is 1. The Kier molecular flexibility index (Phi) is 13.0. The summed E-state index contributed by atoms with van der Waals surface area (Å²) in [5.41, 5.74) is -0.438. The molecular weight excluding hydrogens is 447 g/mol. The molecule has 0 unspecified atom stereocenters. The molecule has 0 aromatic carbocycles. The first kappa shape index (κ1) is 25.2. The summed E-state index contributed by atoms with van der Waals surface area (Å²) >= 11 is 0. The summed E-state index contributed by atoms with van der Waals surface area (Å²) in [5, 5.41) is 6.53. The van der Waals surface area contributed by atoms with Gasteiger partial charge < -0.3 is 25.0 Å². The van der Waals surface area contributed by atoms with E-state index in [4.69, 9.17) is 9.47 Å². The Bertz CT molecular complexity index is 419. The molecule has 0 aliphatic carbocycles. The van der Waals surface area contributed by atoms with E-state index in [0.717, 1.165) is 58.1 Å². The number of nitrogens with zero attached hydrogens (tertiary/aromatic N) is 2. The molecule has 0 spiro atoms. The Morgan fingerprint density at radius 3 is 2.38 bits per heavy atom. The van der Waals surface area contributed by atoms with Crippen molar-refractivity contribution in [3.8, 4) is 0 Å². The number of likely N-dealkylation sites (tertiary alicyclic amines) is 1. The molecule has 1 heterocycles. The molecule has 1 aliphatic heterocycles. The number of hydrogen-bond acceptors (Lipinski definition) is 4. The largest absolute Gasteiger partial charge is 0.444 e. The van der Waals surface area contributed by atoms with Gasteiger partial charge >= 0.3 is 6.09 Å². The molecule has 0 bridgehead atoms. The van der Waals surface area contributed by atoms with Crippen molar-refractivity contribution in [2.75, 3.05) is 45.9 Å². The summed E-state index contributed by atoms with van der Waals surface area (Å²) in [6, 6.07) is 0. The average Bonchev–Trinajstić information content (AvgIpc) is 2.55. The van der Waals surface area contributed by atoms with Gasteiger partial charge in [-0.25, -0.2) is 4.79 Å². The number of aliphatic imine (C=N–C) groups is 1. The normalized spacial score (nSPS) is 16.0. The molecule has 1 fully saturated rings. The number of carbonyl (C=O) groups is 1. The van der Waals surface area contributed by atoms with E-state index in [1.54, 1.807) is 4.90 Å². The molecule has 154 valence electrons. The average molecular weight is 484 g/mol. The van der Waals surface area contributed by atoms with Crippen molar-refractivity contribution in [2.24, 2.45) is 10.9 Å². The van der Waals surface area contributed by atoms with Gasteiger partial charge in [0.1, 0.15) is 5.60 Å². The van der Waals surface area contributed by atoms with E-state index in [1.165, 1.54) is 0 Å². The first-order chi connectivity index (χ1) is 11.9. The highest BCUT2D eigenvalue weighted by molar-refractivity contribution is 14.0. The standard InChI is InChI=1S/C18H36N4O3.HI/c1-6-19-16(20-10-13-24-7-2)21-14-15-8-11-22(12-9-15)17(23)25-18(3,4)5;/h15H,6-14H2,1-5H3,(H2,19,20,21);1H. The summed E-state index contributed by atoms with van der Waals surface area (Å²) in [5.74, 6) is 1.33. The molecule has 8 heteroatoms. The third kappa shape index (κ3) is 11.1. The molecule has 0 saturated carbocycles. The van der Waals surface area contributed by atoms with Crippen LogP contribution in [-0.2, 0) is 9.47 Å². The summed E-state index contributed by atoms with van der Waals surface area (Å²) in [6.45, 7) is 15.0. The minimum absolute atomic E-state index is 0. The van der Waals surface area contributed by atoms with Crippen LogP contribution in [0.5, 0.6) is 0 Å². The zero-order chi connectivity index (χ0) is 18.7.